The van der Waals surface area contributed by atoms with Crippen molar-refractivity contribution in [3.05, 3.63) is 68.9 Å². The van der Waals surface area contributed by atoms with Gasteiger partial charge in [-0.05, 0) is 47.9 Å². The van der Waals surface area contributed by atoms with Crippen molar-refractivity contribution in [2.75, 3.05) is 11.9 Å². The van der Waals surface area contributed by atoms with Crippen molar-refractivity contribution in [3.63, 3.8) is 0 Å². The minimum absolute atomic E-state index is 0.00540. The van der Waals surface area contributed by atoms with Crippen molar-refractivity contribution < 1.29 is 10.0 Å². The molecule has 2 aromatic carbocycles. The highest BCUT2D eigenvalue weighted by atomic mass is 35.5. The summed E-state index contributed by atoms with van der Waals surface area (Å²) in [5.74, 6) is 0. The van der Waals surface area contributed by atoms with Crippen LogP contribution in [0.4, 0.5) is 11.4 Å². The van der Waals surface area contributed by atoms with Crippen molar-refractivity contribution in [1.29, 1.82) is 0 Å². The van der Waals surface area contributed by atoms with Crippen LogP contribution in [0.5, 0.6) is 0 Å². The normalized spacial score (nSPS) is 10.9. The first-order valence-corrected chi connectivity index (χ1v) is 7.84. The number of nitrogens with zero attached hydrogens (tertiary/aromatic N) is 1. The largest absolute Gasteiger partial charge is 0.392 e. The Balaban J connectivity index is 1.76. The molecule has 0 aliphatic carbocycles. The number of rotatable bonds is 6. The summed E-state index contributed by atoms with van der Waals surface area (Å²) in [4.78, 5) is 13.9. The third-order valence-corrected chi connectivity index (χ3v) is 4.11. The van der Waals surface area contributed by atoms with Crippen LogP contribution in [0.1, 0.15) is 11.1 Å². The lowest BCUT2D eigenvalue weighted by Crippen LogP contribution is -2.07. The number of hydrogen-bond donors (Lipinski definition) is 3. The monoisotopic (exact) mass is 345 g/mol. The third-order valence-electron chi connectivity index (χ3n) is 3.88. The van der Waals surface area contributed by atoms with E-state index in [4.69, 9.17) is 11.6 Å². The van der Waals surface area contributed by atoms with Crippen LogP contribution in [0.15, 0.2) is 42.6 Å². The number of H-pyrrole nitrogens is 1. The van der Waals surface area contributed by atoms with Gasteiger partial charge in [-0.3, -0.25) is 10.1 Å². The number of hydrogen-bond acceptors (Lipinski definition) is 4. The van der Waals surface area contributed by atoms with E-state index in [0.29, 0.717) is 29.2 Å². The summed E-state index contributed by atoms with van der Waals surface area (Å²) in [6.45, 7) is 0.364. The molecular formula is C17H16ClN3O3. The highest BCUT2D eigenvalue weighted by molar-refractivity contribution is 6.31. The standard InChI is InChI=1S/C17H16ClN3O3/c18-13-2-3-15-14(8-13)12(9-20-15)5-6-19-16-7-11(10-22)1-4-17(16)21(23)24/h1-4,7-9,19-20,22H,5-6,10H2. The Morgan fingerprint density at radius 3 is 2.83 bits per heavy atom. The van der Waals surface area contributed by atoms with E-state index in [-0.39, 0.29) is 12.3 Å². The molecule has 3 aromatic rings. The Labute approximate surface area is 143 Å². The average molecular weight is 346 g/mol. The van der Waals surface area contributed by atoms with Crippen LogP contribution in [-0.4, -0.2) is 21.6 Å². The Kier molecular flexibility index (Phi) is 4.69. The van der Waals surface area contributed by atoms with E-state index in [9.17, 15) is 15.2 Å². The van der Waals surface area contributed by atoms with Gasteiger partial charge in [0.05, 0.1) is 11.5 Å². The first-order valence-electron chi connectivity index (χ1n) is 7.46. The van der Waals surface area contributed by atoms with Gasteiger partial charge in [0.25, 0.3) is 5.69 Å². The van der Waals surface area contributed by atoms with Crippen LogP contribution < -0.4 is 5.32 Å². The molecule has 0 bridgehead atoms. The van der Waals surface area contributed by atoms with Crippen molar-refractivity contribution in [3.8, 4) is 0 Å². The van der Waals surface area contributed by atoms with E-state index in [2.05, 4.69) is 10.3 Å². The van der Waals surface area contributed by atoms with E-state index >= 15 is 0 Å². The molecule has 0 fully saturated rings. The second kappa shape index (κ2) is 6.90. The van der Waals surface area contributed by atoms with Crippen LogP contribution in [0, 0.1) is 10.1 Å². The minimum Gasteiger partial charge on any atom is -0.392 e. The van der Waals surface area contributed by atoms with Gasteiger partial charge in [0.1, 0.15) is 5.69 Å². The Morgan fingerprint density at radius 1 is 1.25 bits per heavy atom. The smallest absolute Gasteiger partial charge is 0.292 e. The van der Waals surface area contributed by atoms with Gasteiger partial charge < -0.3 is 15.4 Å². The van der Waals surface area contributed by atoms with Gasteiger partial charge in [-0.15, -0.1) is 0 Å². The molecule has 0 saturated carbocycles. The minimum atomic E-state index is -0.436. The third kappa shape index (κ3) is 3.34. The molecule has 124 valence electrons. The summed E-state index contributed by atoms with van der Waals surface area (Å²) in [7, 11) is 0. The van der Waals surface area contributed by atoms with E-state index in [1.54, 1.807) is 12.1 Å². The zero-order valence-electron chi connectivity index (χ0n) is 12.8. The number of aromatic nitrogens is 1. The second-order valence-corrected chi connectivity index (χ2v) is 5.88. The molecular weight excluding hydrogens is 330 g/mol. The van der Waals surface area contributed by atoms with Crippen LogP contribution in [-0.2, 0) is 13.0 Å². The van der Waals surface area contributed by atoms with Crippen molar-refractivity contribution in [1.82, 2.24) is 4.98 Å². The maximum Gasteiger partial charge on any atom is 0.292 e. The van der Waals surface area contributed by atoms with Crippen molar-refractivity contribution in [2.45, 2.75) is 13.0 Å². The number of nitro groups is 1. The van der Waals surface area contributed by atoms with Crippen molar-refractivity contribution in [2.24, 2.45) is 0 Å². The maximum absolute atomic E-state index is 11.1. The number of aromatic amines is 1. The van der Waals surface area contributed by atoms with Crippen LogP contribution in [0.3, 0.4) is 0 Å². The highest BCUT2D eigenvalue weighted by Gasteiger charge is 2.14. The zero-order valence-corrected chi connectivity index (χ0v) is 13.5. The highest BCUT2D eigenvalue weighted by Crippen LogP contribution is 2.26. The van der Waals surface area contributed by atoms with Crippen LogP contribution in [0.2, 0.25) is 5.02 Å². The summed E-state index contributed by atoms with van der Waals surface area (Å²) < 4.78 is 0. The quantitative estimate of drug-likeness (QED) is 0.467. The number of nitro benzene ring substituents is 1. The number of aliphatic hydroxyl groups excluding tert-OH is 1. The molecule has 0 atom stereocenters. The Morgan fingerprint density at radius 2 is 2.08 bits per heavy atom. The lowest BCUT2D eigenvalue weighted by atomic mass is 10.1. The molecule has 3 N–H and O–H groups in total. The molecule has 0 spiro atoms. The first-order chi connectivity index (χ1) is 11.6. The first kappa shape index (κ1) is 16.3. The maximum atomic E-state index is 11.1. The number of halogens is 1. The summed E-state index contributed by atoms with van der Waals surface area (Å²) in [5.41, 5.74) is 3.11. The summed E-state index contributed by atoms with van der Waals surface area (Å²) >= 11 is 6.04. The SMILES string of the molecule is O=[N+]([O-])c1ccc(CO)cc1NCCc1c[nH]c2ccc(Cl)cc12. The topological polar surface area (TPSA) is 91.2 Å². The van der Waals surface area contributed by atoms with Gasteiger partial charge >= 0.3 is 0 Å². The van der Waals surface area contributed by atoms with E-state index in [1.807, 2.05) is 24.4 Å². The lowest BCUT2D eigenvalue weighted by Gasteiger charge is -2.08. The fourth-order valence-electron chi connectivity index (χ4n) is 2.67. The van der Waals surface area contributed by atoms with E-state index in [1.165, 1.54) is 6.07 Å². The molecule has 7 heteroatoms. The predicted molar refractivity (Wildman–Crippen MR) is 94.5 cm³/mol. The van der Waals surface area contributed by atoms with Crippen LogP contribution >= 0.6 is 11.6 Å². The van der Waals surface area contributed by atoms with Gasteiger partial charge in [0.2, 0.25) is 0 Å². The van der Waals surface area contributed by atoms with Crippen LogP contribution in [0.25, 0.3) is 10.9 Å². The summed E-state index contributed by atoms with van der Waals surface area (Å²) in [6, 6.07) is 10.2. The summed E-state index contributed by atoms with van der Waals surface area (Å²) in [5, 5.41) is 25.1. The fourth-order valence-corrected chi connectivity index (χ4v) is 2.84. The van der Waals surface area contributed by atoms with Crippen molar-refractivity contribution >= 4 is 33.9 Å². The average Bonchev–Trinajstić information content (AvgIpc) is 2.97. The number of nitrogens with one attached hydrogen (secondary N) is 2. The molecule has 0 aliphatic heterocycles. The number of fused-ring (bicyclic) bond motifs is 1. The van der Waals surface area contributed by atoms with Gasteiger partial charge in [0.15, 0.2) is 0 Å². The molecule has 1 aromatic heterocycles. The number of aliphatic hydroxyl groups is 1. The lowest BCUT2D eigenvalue weighted by molar-refractivity contribution is -0.384. The van der Waals surface area contributed by atoms with Gasteiger partial charge in [-0.2, -0.15) is 0 Å². The Hall–Kier alpha value is -2.57. The van der Waals surface area contributed by atoms with Gasteiger partial charge in [0, 0.05) is 34.7 Å². The van der Waals surface area contributed by atoms with Gasteiger partial charge in [-0.25, -0.2) is 0 Å². The zero-order chi connectivity index (χ0) is 17.1. The predicted octanol–water partition coefficient (Wildman–Crippen LogP) is 3.88. The fraction of sp³-hybridized carbons (Fsp3) is 0.176. The number of anilines is 1. The molecule has 0 radical (unpaired) electrons. The molecule has 1 heterocycles. The molecule has 0 amide bonds. The number of benzene rings is 2. The second-order valence-electron chi connectivity index (χ2n) is 5.45. The molecule has 24 heavy (non-hydrogen) atoms. The molecule has 0 aliphatic rings. The Bertz CT molecular complexity index is 892. The molecule has 6 nitrogen and oxygen atoms in total. The van der Waals surface area contributed by atoms with E-state index < -0.39 is 4.92 Å². The molecule has 0 saturated heterocycles. The molecule has 3 rings (SSSR count). The molecule has 0 unspecified atom stereocenters. The summed E-state index contributed by atoms with van der Waals surface area (Å²) in [6.07, 6.45) is 2.60. The van der Waals surface area contributed by atoms with Gasteiger partial charge in [-0.1, -0.05) is 11.6 Å². The van der Waals surface area contributed by atoms with E-state index in [0.717, 1.165) is 16.5 Å².